The first kappa shape index (κ1) is 13.7. The lowest BCUT2D eigenvalue weighted by atomic mass is 9.95. The lowest BCUT2D eigenvalue weighted by molar-refractivity contribution is -0.140. The largest absolute Gasteiger partial charge is 0.496 e. The maximum atomic E-state index is 11.9. The van der Waals surface area contributed by atoms with E-state index in [0.717, 1.165) is 0 Å². The van der Waals surface area contributed by atoms with Gasteiger partial charge in [0.15, 0.2) is 5.78 Å². The predicted octanol–water partition coefficient (Wildman–Crippen LogP) is 2.75. The van der Waals surface area contributed by atoms with E-state index in [1.807, 2.05) is 0 Å². The molecule has 0 aliphatic rings. The number of ketones is 1. The zero-order valence-corrected chi connectivity index (χ0v) is 11.2. The van der Waals surface area contributed by atoms with E-state index in [1.165, 1.54) is 7.11 Å². The topological polar surface area (TPSA) is 63.6 Å². The van der Waals surface area contributed by atoms with Gasteiger partial charge in [0.25, 0.3) is 0 Å². The van der Waals surface area contributed by atoms with Crippen molar-refractivity contribution in [2.45, 2.75) is 13.3 Å². The average molecular weight is 301 g/mol. The Labute approximate surface area is 108 Å². The number of hydrogen-bond donors (Lipinski definition) is 1. The molecule has 1 aromatic carbocycles. The number of carboxylic acids is 1. The van der Waals surface area contributed by atoms with Crippen LogP contribution in [-0.2, 0) is 4.79 Å². The van der Waals surface area contributed by atoms with Gasteiger partial charge in [0.05, 0.1) is 11.6 Å². The van der Waals surface area contributed by atoms with Crippen LogP contribution in [0.25, 0.3) is 0 Å². The second kappa shape index (κ2) is 5.82. The van der Waals surface area contributed by atoms with E-state index in [9.17, 15) is 9.59 Å². The summed E-state index contributed by atoms with van der Waals surface area (Å²) < 4.78 is 5.67. The van der Waals surface area contributed by atoms with Crippen molar-refractivity contribution in [1.29, 1.82) is 0 Å². The fraction of sp³-hybridized carbons (Fsp3) is 0.333. The molecule has 0 radical (unpaired) electrons. The molecular formula is C12H13BrO4. The first-order chi connectivity index (χ1) is 8.01. The Morgan fingerprint density at radius 2 is 2.12 bits per heavy atom. The van der Waals surface area contributed by atoms with Gasteiger partial charge >= 0.3 is 5.97 Å². The lowest BCUT2D eigenvalue weighted by Gasteiger charge is -2.10. The molecule has 0 aliphatic heterocycles. The number of benzene rings is 1. The van der Waals surface area contributed by atoms with Crippen LogP contribution in [0.15, 0.2) is 22.7 Å². The van der Waals surface area contributed by atoms with Gasteiger partial charge in [-0.25, -0.2) is 0 Å². The molecule has 1 N–H and O–H groups in total. The monoisotopic (exact) mass is 300 g/mol. The molecule has 0 amide bonds. The second-order valence-corrected chi connectivity index (χ2v) is 4.37. The van der Waals surface area contributed by atoms with Crippen LogP contribution < -0.4 is 4.74 Å². The number of carboxylic acid groups (broad SMARTS) is 1. The minimum Gasteiger partial charge on any atom is -0.496 e. The lowest BCUT2D eigenvalue weighted by Crippen LogP contribution is -2.23. The van der Waals surface area contributed by atoms with E-state index in [0.29, 0.717) is 15.8 Å². The Balaban J connectivity index is 3.04. The van der Waals surface area contributed by atoms with Crippen LogP contribution in [0.5, 0.6) is 5.75 Å². The Hall–Kier alpha value is -1.36. The minimum atomic E-state index is -1.09. The highest BCUT2D eigenvalue weighted by Crippen LogP contribution is 2.27. The van der Waals surface area contributed by atoms with Crippen LogP contribution >= 0.6 is 15.9 Å². The summed E-state index contributed by atoms with van der Waals surface area (Å²) in [5, 5.41) is 8.92. The van der Waals surface area contributed by atoms with Gasteiger partial charge in [0.2, 0.25) is 0 Å². The zero-order chi connectivity index (χ0) is 13.0. The van der Waals surface area contributed by atoms with Gasteiger partial charge in [0.1, 0.15) is 11.7 Å². The highest BCUT2D eigenvalue weighted by atomic mass is 79.9. The van der Waals surface area contributed by atoms with Crippen LogP contribution in [0.3, 0.4) is 0 Å². The number of hydrogen-bond acceptors (Lipinski definition) is 3. The van der Waals surface area contributed by atoms with Gasteiger partial charge in [0, 0.05) is 5.56 Å². The van der Waals surface area contributed by atoms with Crippen molar-refractivity contribution in [3.05, 3.63) is 28.2 Å². The molecule has 0 aliphatic carbocycles. The van der Waals surface area contributed by atoms with Crippen molar-refractivity contribution < 1.29 is 19.4 Å². The molecule has 0 aromatic heterocycles. The number of halogens is 1. The van der Waals surface area contributed by atoms with Gasteiger partial charge in [-0.1, -0.05) is 6.92 Å². The third kappa shape index (κ3) is 3.06. The molecule has 92 valence electrons. The molecule has 0 heterocycles. The molecular weight excluding hydrogens is 288 g/mol. The number of Topliss-reactive ketones (excluding diaryl/α,β-unsaturated/α-hetero) is 1. The number of carbonyl (C=O) groups excluding carboxylic acids is 1. The summed E-state index contributed by atoms with van der Waals surface area (Å²) in [4.78, 5) is 22.8. The van der Waals surface area contributed by atoms with E-state index >= 15 is 0 Å². The number of aliphatic carboxylic acids is 1. The number of carbonyl (C=O) groups is 2. The van der Waals surface area contributed by atoms with Crippen LogP contribution in [0.2, 0.25) is 0 Å². The number of methoxy groups -OCH3 is 1. The highest BCUT2D eigenvalue weighted by Gasteiger charge is 2.25. The standard InChI is InChI=1S/C12H13BrO4/c1-3-8(12(15)16)11(14)7-4-5-10(17-2)9(13)6-7/h4-6,8H,3H2,1-2H3,(H,15,16). The van der Waals surface area contributed by atoms with Gasteiger partial charge in [-0.15, -0.1) is 0 Å². The summed E-state index contributed by atoms with van der Waals surface area (Å²) in [5.74, 6) is -1.87. The molecule has 4 nitrogen and oxygen atoms in total. The third-order valence-electron chi connectivity index (χ3n) is 2.46. The molecule has 0 bridgehead atoms. The van der Waals surface area contributed by atoms with Crippen LogP contribution in [0.4, 0.5) is 0 Å². The van der Waals surface area contributed by atoms with E-state index in [-0.39, 0.29) is 12.2 Å². The summed E-state index contributed by atoms with van der Waals surface area (Å²) in [5.41, 5.74) is 0.368. The quantitative estimate of drug-likeness (QED) is 0.671. The SMILES string of the molecule is CCC(C(=O)O)C(=O)c1ccc(OC)c(Br)c1. The summed E-state index contributed by atoms with van der Waals surface area (Å²) in [7, 11) is 1.52. The average Bonchev–Trinajstić information content (AvgIpc) is 2.29. The molecule has 17 heavy (non-hydrogen) atoms. The predicted molar refractivity (Wildman–Crippen MR) is 66.4 cm³/mol. The molecule has 0 saturated carbocycles. The van der Waals surface area contributed by atoms with Crippen LogP contribution in [0.1, 0.15) is 23.7 Å². The maximum Gasteiger partial charge on any atom is 0.314 e. The minimum absolute atomic E-state index is 0.276. The molecule has 1 rings (SSSR count). The Kier molecular flexibility index (Phi) is 4.69. The first-order valence-corrected chi connectivity index (χ1v) is 5.91. The summed E-state index contributed by atoms with van der Waals surface area (Å²) in [6, 6.07) is 4.77. The molecule has 0 saturated heterocycles. The molecule has 0 spiro atoms. The van der Waals surface area contributed by atoms with Crippen molar-refractivity contribution in [3.63, 3.8) is 0 Å². The third-order valence-corrected chi connectivity index (χ3v) is 3.08. The second-order valence-electron chi connectivity index (χ2n) is 3.51. The van der Waals surface area contributed by atoms with Crippen molar-refractivity contribution in [1.82, 2.24) is 0 Å². The summed E-state index contributed by atoms with van der Waals surface area (Å²) in [6.45, 7) is 1.68. The van der Waals surface area contributed by atoms with Crippen molar-refractivity contribution in [2.75, 3.05) is 7.11 Å². The Morgan fingerprint density at radius 1 is 1.47 bits per heavy atom. The Morgan fingerprint density at radius 3 is 2.53 bits per heavy atom. The highest BCUT2D eigenvalue weighted by molar-refractivity contribution is 9.10. The summed E-state index contributed by atoms with van der Waals surface area (Å²) >= 11 is 3.26. The fourth-order valence-electron chi connectivity index (χ4n) is 1.49. The summed E-state index contributed by atoms with van der Waals surface area (Å²) in [6.07, 6.45) is 0.276. The maximum absolute atomic E-state index is 11.9. The van der Waals surface area contributed by atoms with Crippen molar-refractivity contribution >= 4 is 27.7 Å². The van der Waals surface area contributed by atoms with Crippen LogP contribution in [-0.4, -0.2) is 24.0 Å². The van der Waals surface area contributed by atoms with Gasteiger partial charge in [-0.2, -0.15) is 0 Å². The number of ether oxygens (including phenoxy) is 1. The fourth-order valence-corrected chi connectivity index (χ4v) is 2.03. The van der Waals surface area contributed by atoms with Crippen LogP contribution in [0, 0.1) is 5.92 Å². The van der Waals surface area contributed by atoms with E-state index in [4.69, 9.17) is 9.84 Å². The first-order valence-electron chi connectivity index (χ1n) is 5.11. The zero-order valence-electron chi connectivity index (χ0n) is 9.57. The van der Waals surface area contributed by atoms with E-state index in [2.05, 4.69) is 15.9 Å². The molecule has 0 fully saturated rings. The molecule has 1 aromatic rings. The number of rotatable bonds is 5. The molecule has 1 unspecified atom stereocenters. The van der Waals surface area contributed by atoms with Gasteiger partial charge in [-0.05, 0) is 40.5 Å². The normalized spacial score (nSPS) is 11.9. The van der Waals surface area contributed by atoms with E-state index < -0.39 is 11.9 Å². The Bertz CT molecular complexity index is 442. The van der Waals surface area contributed by atoms with Crippen molar-refractivity contribution in [2.24, 2.45) is 5.92 Å². The van der Waals surface area contributed by atoms with Crippen molar-refractivity contribution in [3.8, 4) is 5.75 Å². The molecule has 1 atom stereocenters. The van der Waals surface area contributed by atoms with Gasteiger partial charge in [-0.3, -0.25) is 9.59 Å². The molecule has 5 heteroatoms. The smallest absolute Gasteiger partial charge is 0.314 e. The van der Waals surface area contributed by atoms with E-state index in [1.54, 1.807) is 25.1 Å². The van der Waals surface area contributed by atoms with Gasteiger partial charge < -0.3 is 9.84 Å².